The molecule has 1 aromatic rings. The van der Waals surface area contributed by atoms with Crippen molar-refractivity contribution in [2.75, 3.05) is 26.7 Å². The zero-order chi connectivity index (χ0) is 17.5. The highest BCUT2D eigenvalue weighted by Crippen LogP contribution is 2.18. The van der Waals surface area contributed by atoms with E-state index in [1.165, 1.54) is 37.2 Å². The van der Waals surface area contributed by atoms with Gasteiger partial charge < -0.3 is 10.6 Å². The van der Waals surface area contributed by atoms with E-state index in [0.717, 1.165) is 35.7 Å². The number of rotatable bonds is 7. The van der Waals surface area contributed by atoms with E-state index < -0.39 is 0 Å². The van der Waals surface area contributed by atoms with Crippen LogP contribution in [-0.2, 0) is 6.54 Å². The smallest absolute Gasteiger partial charge is 0.191 e. The Balaban J connectivity index is 0.00000312. The molecule has 7 heteroatoms. The fraction of sp³-hybridized carbons (Fsp3) is 0.778. The Labute approximate surface area is 174 Å². The summed E-state index contributed by atoms with van der Waals surface area (Å²) in [6.45, 7) is 13.0. The molecule has 1 unspecified atom stereocenters. The molecule has 1 aliphatic rings. The topological polar surface area (TPSA) is 52.6 Å². The van der Waals surface area contributed by atoms with Gasteiger partial charge in [-0.25, -0.2) is 4.98 Å². The van der Waals surface area contributed by atoms with Crippen LogP contribution < -0.4 is 10.6 Å². The summed E-state index contributed by atoms with van der Waals surface area (Å²) >= 11 is 1.76. The summed E-state index contributed by atoms with van der Waals surface area (Å²) in [6, 6.07) is 0.596. The van der Waals surface area contributed by atoms with Crippen molar-refractivity contribution in [2.24, 2.45) is 10.9 Å². The molecule has 0 amide bonds. The highest BCUT2D eigenvalue weighted by Gasteiger charge is 2.22. The molecule has 1 saturated heterocycles. The van der Waals surface area contributed by atoms with Crippen LogP contribution >= 0.6 is 35.3 Å². The van der Waals surface area contributed by atoms with Crippen molar-refractivity contribution >= 4 is 41.3 Å². The number of hydrogen-bond donors (Lipinski definition) is 2. The molecule has 0 aliphatic carbocycles. The van der Waals surface area contributed by atoms with Crippen molar-refractivity contribution in [1.82, 2.24) is 20.5 Å². The molecule has 144 valence electrons. The fourth-order valence-electron chi connectivity index (χ4n) is 3.35. The van der Waals surface area contributed by atoms with Gasteiger partial charge in [-0.3, -0.25) is 9.89 Å². The van der Waals surface area contributed by atoms with Crippen LogP contribution in [0.3, 0.4) is 0 Å². The van der Waals surface area contributed by atoms with E-state index in [1.54, 1.807) is 11.3 Å². The maximum absolute atomic E-state index is 4.49. The lowest BCUT2D eigenvalue weighted by molar-refractivity contribution is 0.213. The van der Waals surface area contributed by atoms with Gasteiger partial charge in [-0.1, -0.05) is 13.8 Å². The summed E-state index contributed by atoms with van der Waals surface area (Å²) in [5.74, 6) is 1.60. The molecule has 2 heterocycles. The highest BCUT2D eigenvalue weighted by molar-refractivity contribution is 14.0. The van der Waals surface area contributed by atoms with Crippen LogP contribution in [-0.4, -0.2) is 48.6 Å². The molecule has 0 radical (unpaired) electrons. The summed E-state index contributed by atoms with van der Waals surface area (Å²) in [5, 5.41) is 8.08. The van der Waals surface area contributed by atoms with Crippen LogP contribution in [0.5, 0.6) is 0 Å². The van der Waals surface area contributed by atoms with E-state index in [2.05, 4.69) is 53.2 Å². The molecule has 1 fully saturated rings. The average molecular weight is 479 g/mol. The fourth-order valence-corrected chi connectivity index (χ4v) is 4.23. The lowest BCUT2D eigenvalue weighted by Gasteiger charge is -2.29. The molecule has 2 N–H and O–H groups in total. The molecule has 1 aromatic heterocycles. The molecular weight excluding hydrogens is 445 g/mol. The Morgan fingerprint density at radius 1 is 1.24 bits per heavy atom. The lowest BCUT2D eigenvalue weighted by Crippen LogP contribution is -2.46. The van der Waals surface area contributed by atoms with Crippen LogP contribution in [0.2, 0.25) is 0 Å². The summed E-state index contributed by atoms with van der Waals surface area (Å²) in [6.07, 6.45) is 3.91. The Morgan fingerprint density at radius 2 is 1.92 bits per heavy atom. The molecule has 25 heavy (non-hydrogen) atoms. The minimum atomic E-state index is 0. The number of aliphatic imine (C=N–C) groups is 1. The largest absolute Gasteiger partial charge is 0.355 e. The van der Waals surface area contributed by atoms with Crippen molar-refractivity contribution in [3.63, 3.8) is 0 Å². The van der Waals surface area contributed by atoms with E-state index in [4.69, 9.17) is 0 Å². The Hall–Kier alpha value is -0.410. The molecule has 0 spiro atoms. The van der Waals surface area contributed by atoms with Crippen molar-refractivity contribution in [1.29, 1.82) is 0 Å². The third-order valence-corrected chi connectivity index (χ3v) is 5.62. The Bertz CT molecular complexity index is 538. The number of aromatic nitrogens is 1. The number of hydrogen-bond acceptors (Lipinski definition) is 4. The van der Waals surface area contributed by atoms with Crippen molar-refractivity contribution < 1.29 is 0 Å². The number of nitrogens with zero attached hydrogens (tertiary/aromatic N) is 3. The van der Waals surface area contributed by atoms with E-state index in [1.807, 2.05) is 7.05 Å². The van der Waals surface area contributed by atoms with E-state index in [-0.39, 0.29) is 24.0 Å². The minimum absolute atomic E-state index is 0. The minimum Gasteiger partial charge on any atom is -0.355 e. The summed E-state index contributed by atoms with van der Waals surface area (Å²) in [7, 11) is 1.84. The van der Waals surface area contributed by atoms with Crippen LogP contribution in [0, 0.1) is 19.8 Å². The van der Waals surface area contributed by atoms with Gasteiger partial charge in [0.1, 0.15) is 0 Å². The summed E-state index contributed by atoms with van der Waals surface area (Å²) < 4.78 is 0. The molecule has 0 saturated carbocycles. The van der Waals surface area contributed by atoms with Gasteiger partial charge in [0.25, 0.3) is 0 Å². The van der Waals surface area contributed by atoms with Gasteiger partial charge in [0.15, 0.2) is 5.96 Å². The second-order valence-electron chi connectivity index (χ2n) is 7.07. The number of nitrogens with one attached hydrogen (secondary N) is 2. The van der Waals surface area contributed by atoms with Gasteiger partial charge in [-0.05, 0) is 52.1 Å². The first-order chi connectivity index (χ1) is 11.5. The van der Waals surface area contributed by atoms with Gasteiger partial charge in [0.2, 0.25) is 0 Å². The van der Waals surface area contributed by atoms with Gasteiger partial charge in [-0.2, -0.15) is 0 Å². The molecule has 2 rings (SSSR count). The zero-order valence-corrected chi connectivity index (χ0v) is 19.4. The number of aryl methyl sites for hydroxylation is 2. The number of likely N-dealkylation sites (tertiary alicyclic amines) is 1. The van der Waals surface area contributed by atoms with Gasteiger partial charge in [-0.15, -0.1) is 35.3 Å². The van der Waals surface area contributed by atoms with E-state index in [0.29, 0.717) is 6.04 Å². The van der Waals surface area contributed by atoms with Crippen molar-refractivity contribution in [2.45, 2.75) is 59.5 Å². The predicted octanol–water partition coefficient (Wildman–Crippen LogP) is 3.55. The maximum Gasteiger partial charge on any atom is 0.191 e. The molecule has 0 bridgehead atoms. The standard InChI is InChI=1S/C18H33N5S.HI/c1-13(2)10-16(23-8-6-7-9-23)11-20-18(19-5)21-12-17-14(3)22-15(4)24-17;/h13,16H,6-12H2,1-5H3,(H2,19,20,21);1H. The Kier molecular flexibility index (Phi) is 10.3. The predicted molar refractivity (Wildman–Crippen MR) is 119 cm³/mol. The Morgan fingerprint density at radius 3 is 2.44 bits per heavy atom. The third-order valence-electron chi connectivity index (χ3n) is 4.55. The van der Waals surface area contributed by atoms with Crippen molar-refractivity contribution in [3.8, 4) is 0 Å². The van der Waals surface area contributed by atoms with Crippen LogP contribution in [0.4, 0.5) is 0 Å². The van der Waals surface area contributed by atoms with Crippen LogP contribution in [0.25, 0.3) is 0 Å². The van der Waals surface area contributed by atoms with Crippen molar-refractivity contribution in [3.05, 3.63) is 15.6 Å². The van der Waals surface area contributed by atoms with Gasteiger partial charge in [0.05, 0.1) is 17.2 Å². The SMILES string of the molecule is CN=C(NCc1sc(C)nc1C)NCC(CC(C)C)N1CCCC1.I. The molecule has 1 atom stereocenters. The van der Waals surface area contributed by atoms with Crippen LogP contribution in [0.1, 0.15) is 48.7 Å². The third kappa shape index (κ3) is 7.38. The molecule has 1 aliphatic heterocycles. The summed E-state index contributed by atoms with van der Waals surface area (Å²) in [4.78, 5) is 12.8. The second-order valence-corrected chi connectivity index (χ2v) is 8.36. The second kappa shape index (κ2) is 11.3. The average Bonchev–Trinajstić information content (AvgIpc) is 3.15. The number of thiazole rings is 1. The maximum atomic E-state index is 4.49. The monoisotopic (exact) mass is 479 g/mol. The normalized spacial score (nSPS) is 16.8. The quantitative estimate of drug-likeness (QED) is 0.357. The molecular formula is C18H34IN5S. The zero-order valence-electron chi connectivity index (χ0n) is 16.3. The first-order valence-electron chi connectivity index (χ1n) is 9.11. The van der Waals surface area contributed by atoms with Crippen LogP contribution in [0.15, 0.2) is 4.99 Å². The van der Waals surface area contributed by atoms with Gasteiger partial charge >= 0.3 is 0 Å². The highest BCUT2D eigenvalue weighted by atomic mass is 127. The number of guanidine groups is 1. The molecule has 0 aromatic carbocycles. The molecule has 5 nitrogen and oxygen atoms in total. The summed E-state index contributed by atoms with van der Waals surface area (Å²) in [5.41, 5.74) is 1.12. The van der Waals surface area contributed by atoms with Gasteiger partial charge in [0, 0.05) is 24.5 Å². The van der Waals surface area contributed by atoms with E-state index in [9.17, 15) is 0 Å². The number of halogens is 1. The first kappa shape index (κ1) is 22.6. The first-order valence-corrected chi connectivity index (χ1v) is 9.92. The lowest BCUT2D eigenvalue weighted by atomic mass is 10.0. The van der Waals surface area contributed by atoms with E-state index >= 15 is 0 Å².